The zero-order valence-electron chi connectivity index (χ0n) is 13.9. The lowest BCUT2D eigenvalue weighted by Crippen LogP contribution is -2.50. The van der Waals surface area contributed by atoms with Crippen LogP contribution in [0.4, 0.5) is 9.59 Å². The molecule has 0 aromatic carbocycles. The third-order valence-electron chi connectivity index (χ3n) is 4.09. The molecule has 2 fully saturated rings. The summed E-state index contributed by atoms with van der Waals surface area (Å²) in [6.45, 7) is 1.97. The normalized spacial score (nSPS) is 22.5. The third kappa shape index (κ3) is 4.72. The minimum Gasteiger partial charge on any atom is -0.465 e. The van der Waals surface area contributed by atoms with Crippen LogP contribution in [-0.2, 0) is 24.3 Å². The number of carboxylic acid groups (broad SMARTS) is 1. The van der Waals surface area contributed by atoms with Crippen molar-refractivity contribution in [3.63, 3.8) is 0 Å². The Morgan fingerprint density at radius 2 is 2.08 bits per heavy atom. The number of nitrogens with zero attached hydrogens (tertiary/aromatic N) is 3. The average molecular weight is 396 g/mol. The smallest absolute Gasteiger partial charge is 0.418 e. The summed E-state index contributed by atoms with van der Waals surface area (Å²) in [4.78, 5) is 42.3. The summed E-state index contributed by atoms with van der Waals surface area (Å²) < 4.78 is 34.6. The van der Waals surface area contributed by atoms with Crippen LogP contribution in [0.5, 0.6) is 0 Å². The first kappa shape index (κ1) is 20.2. The Bertz CT molecular complexity index is 670. The first-order valence-corrected chi connectivity index (χ1v) is 9.17. The SMILES string of the molecule is CCN(CCONC(=O)[C@@H]1CC[C@@H]2CN1C(=O)N2OS(=O)(=O)O)C(=O)O. The van der Waals surface area contributed by atoms with Crippen LogP contribution in [0.1, 0.15) is 19.8 Å². The number of carbonyl (C=O) groups excluding carboxylic acids is 2. The molecule has 0 aromatic rings. The topological polar surface area (TPSA) is 166 Å². The molecule has 148 valence electrons. The molecule has 0 radical (unpaired) electrons. The van der Waals surface area contributed by atoms with Gasteiger partial charge in [0.1, 0.15) is 6.04 Å². The number of nitrogens with one attached hydrogen (secondary N) is 1. The molecule has 2 saturated heterocycles. The molecular weight excluding hydrogens is 376 g/mol. The number of urea groups is 1. The molecule has 0 unspecified atom stereocenters. The Hall–Kier alpha value is -2.16. The maximum Gasteiger partial charge on any atom is 0.418 e. The van der Waals surface area contributed by atoms with Crippen molar-refractivity contribution in [2.24, 2.45) is 0 Å². The number of hydroxylamine groups is 3. The van der Waals surface area contributed by atoms with Crippen LogP contribution in [-0.4, -0.2) is 89.3 Å². The van der Waals surface area contributed by atoms with Crippen LogP contribution in [0.15, 0.2) is 0 Å². The van der Waals surface area contributed by atoms with Gasteiger partial charge in [0.05, 0.1) is 12.6 Å². The van der Waals surface area contributed by atoms with Gasteiger partial charge in [0.25, 0.3) is 5.91 Å². The highest BCUT2D eigenvalue weighted by molar-refractivity contribution is 7.80. The van der Waals surface area contributed by atoms with E-state index >= 15 is 0 Å². The molecule has 0 saturated carbocycles. The van der Waals surface area contributed by atoms with Gasteiger partial charge in [-0.15, -0.1) is 4.28 Å². The second-order valence-electron chi connectivity index (χ2n) is 5.69. The first-order chi connectivity index (χ1) is 12.1. The maximum atomic E-state index is 12.2. The van der Waals surface area contributed by atoms with Crippen molar-refractivity contribution < 1.29 is 41.6 Å². The third-order valence-corrected chi connectivity index (χ3v) is 4.44. The van der Waals surface area contributed by atoms with Crippen molar-refractivity contribution in [3.8, 4) is 0 Å². The van der Waals surface area contributed by atoms with Gasteiger partial charge in [-0.25, -0.2) is 15.1 Å². The molecule has 0 aromatic heterocycles. The van der Waals surface area contributed by atoms with Gasteiger partial charge >= 0.3 is 22.5 Å². The molecule has 2 aliphatic rings. The molecule has 0 aliphatic carbocycles. The van der Waals surface area contributed by atoms with Gasteiger partial charge in [0.15, 0.2) is 0 Å². The quantitative estimate of drug-likeness (QED) is 0.266. The van der Waals surface area contributed by atoms with Gasteiger partial charge in [-0.3, -0.25) is 14.2 Å². The molecule has 2 heterocycles. The van der Waals surface area contributed by atoms with Gasteiger partial charge < -0.3 is 14.9 Å². The molecule has 0 spiro atoms. The van der Waals surface area contributed by atoms with E-state index < -0.39 is 40.5 Å². The molecule has 2 bridgehead atoms. The molecule has 13 nitrogen and oxygen atoms in total. The second-order valence-corrected chi connectivity index (χ2v) is 6.69. The molecule has 4 amide bonds. The highest BCUT2D eigenvalue weighted by Crippen LogP contribution is 2.30. The van der Waals surface area contributed by atoms with Gasteiger partial charge in [-0.2, -0.15) is 13.5 Å². The zero-order valence-corrected chi connectivity index (χ0v) is 14.7. The van der Waals surface area contributed by atoms with Crippen LogP contribution in [0.3, 0.4) is 0 Å². The van der Waals surface area contributed by atoms with E-state index in [4.69, 9.17) is 14.5 Å². The predicted molar refractivity (Wildman–Crippen MR) is 82.8 cm³/mol. The monoisotopic (exact) mass is 396 g/mol. The van der Waals surface area contributed by atoms with E-state index in [0.29, 0.717) is 11.5 Å². The standard InChI is InChI=1S/C12H20N4O9S/c1-2-14(12(19)20)5-6-24-13-10(17)9-4-3-8-7-15(9)11(18)16(8)25-26(21,22)23/h8-9H,2-7H2,1H3,(H,13,17)(H,19,20)(H,21,22,23)/t8-,9+/m1/s1. The fourth-order valence-corrected chi connectivity index (χ4v) is 3.23. The summed E-state index contributed by atoms with van der Waals surface area (Å²) >= 11 is 0. The van der Waals surface area contributed by atoms with Crippen molar-refractivity contribution >= 4 is 28.4 Å². The molecule has 3 N–H and O–H groups in total. The Kier molecular flexibility index (Phi) is 6.22. The van der Waals surface area contributed by atoms with Crippen LogP contribution >= 0.6 is 0 Å². The van der Waals surface area contributed by atoms with Crippen molar-refractivity contribution in [1.82, 2.24) is 20.3 Å². The molecular formula is C12H20N4O9S. The largest absolute Gasteiger partial charge is 0.465 e. The highest BCUT2D eigenvalue weighted by atomic mass is 32.3. The van der Waals surface area contributed by atoms with E-state index in [2.05, 4.69) is 9.76 Å². The predicted octanol–water partition coefficient (Wildman–Crippen LogP) is -0.963. The highest BCUT2D eigenvalue weighted by Gasteiger charge is 2.49. The number of hydrogen-bond acceptors (Lipinski definition) is 7. The van der Waals surface area contributed by atoms with E-state index in [9.17, 15) is 22.8 Å². The summed E-state index contributed by atoms with van der Waals surface area (Å²) in [7, 11) is -4.85. The molecule has 26 heavy (non-hydrogen) atoms. The number of rotatable bonds is 8. The lowest BCUT2D eigenvalue weighted by atomic mass is 10.0. The minimum atomic E-state index is -4.85. The van der Waals surface area contributed by atoms with Gasteiger partial charge in [0.2, 0.25) is 0 Å². The van der Waals surface area contributed by atoms with Crippen molar-refractivity contribution in [1.29, 1.82) is 0 Å². The number of hydrogen-bond donors (Lipinski definition) is 3. The zero-order chi connectivity index (χ0) is 19.5. The van der Waals surface area contributed by atoms with Crippen LogP contribution < -0.4 is 5.48 Å². The number of piperidine rings is 1. The van der Waals surface area contributed by atoms with E-state index in [-0.39, 0.29) is 32.7 Å². The second kappa shape index (κ2) is 8.03. The lowest BCUT2D eigenvalue weighted by Gasteiger charge is -2.29. The molecule has 2 aliphatic heterocycles. The number of carbonyl (C=O) groups is 3. The average Bonchev–Trinajstić information content (AvgIpc) is 2.78. The van der Waals surface area contributed by atoms with Gasteiger partial charge in [-0.05, 0) is 19.8 Å². The Balaban J connectivity index is 1.86. The van der Waals surface area contributed by atoms with Crippen LogP contribution in [0.2, 0.25) is 0 Å². The molecule has 2 rings (SSSR count). The van der Waals surface area contributed by atoms with Crippen molar-refractivity contribution in [2.45, 2.75) is 31.8 Å². The maximum absolute atomic E-state index is 12.2. The Morgan fingerprint density at radius 1 is 1.38 bits per heavy atom. The van der Waals surface area contributed by atoms with E-state index in [1.165, 1.54) is 0 Å². The van der Waals surface area contributed by atoms with Crippen molar-refractivity contribution in [2.75, 3.05) is 26.2 Å². The molecule has 2 atom stereocenters. The number of likely N-dealkylation sites (N-methyl/N-ethyl adjacent to an activating group) is 1. The number of amides is 4. The fourth-order valence-electron chi connectivity index (χ4n) is 2.84. The van der Waals surface area contributed by atoms with E-state index in [0.717, 1.165) is 9.80 Å². The van der Waals surface area contributed by atoms with E-state index in [1.54, 1.807) is 6.92 Å². The van der Waals surface area contributed by atoms with E-state index in [1.807, 2.05) is 0 Å². The Morgan fingerprint density at radius 3 is 2.65 bits per heavy atom. The first-order valence-electron chi connectivity index (χ1n) is 7.80. The summed E-state index contributed by atoms with van der Waals surface area (Å²) in [5.74, 6) is -0.621. The summed E-state index contributed by atoms with van der Waals surface area (Å²) in [6.07, 6.45) is -0.576. The summed E-state index contributed by atoms with van der Waals surface area (Å²) in [6, 6.07) is -2.34. The van der Waals surface area contributed by atoms with Crippen molar-refractivity contribution in [3.05, 3.63) is 0 Å². The minimum absolute atomic E-state index is 0.0531. The molecule has 14 heteroatoms. The lowest BCUT2D eigenvalue weighted by molar-refractivity contribution is -0.139. The van der Waals surface area contributed by atoms with Gasteiger partial charge in [0, 0.05) is 19.6 Å². The number of fused-ring (bicyclic) bond motifs is 2. The fraction of sp³-hybridized carbons (Fsp3) is 0.750. The summed E-state index contributed by atoms with van der Waals surface area (Å²) in [5, 5.41) is 9.39. The van der Waals surface area contributed by atoms with Gasteiger partial charge in [-0.1, -0.05) is 0 Å². The van der Waals surface area contributed by atoms with Crippen LogP contribution in [0.25, 0.3) is 0 Å². The Labute approximate surface area is 149 Å². The van der Waals surface area contributed by atoms with Crippen LogP contribution in [0, 0.1) is 0 Å². The summed E-state index contributed by atoms with van der Waals surface area (Å²) in [5.41, 5.74) is 2.16.